The van der Waals surface area contributed by atoms with Gasteiger partial charge in [-0.1, -0.05) is 19.1 Å². The molecule has 0 aliphatic carbocycles. The molecule has 1 fully saturated rings. The lowest BCUT2D eigenvalue weighted by molar-refractivity contribution is 0.0939. The van der Waals surface area contributed by atoms with E-state index in [9.17, 15) is 9.59 Å². The normalized spacial score (nSPS) is 14.3. The first-order valence-corrected chi connectivity index (χ1v) is 10.7. The van der Waals surface area contributed by atoms with E-state index in [1.807, 2.05) is 58.0 Å². The van der Waals surface area contributed by atoms with Gasteiger partial charge in [-0.15, -0.1) is 0 Å². The third kappa shape index (κ3) is 5.12. The summed E-state index contributed by atoms with van der Waals surface area (Å²) in [5.74, 6) is -0.107. The minimum Gasteiger partial charge on any atom is -0.371 e. The molecule has 1 aliphatic heterocycles. The largest absolute Gasteiger partial charge is 0.371 e. The van der Waals surface area contributed by atoms with E-state index >= 15 is 0 Å². The molecule has 1 aliphatic rings. The van der Waals surface area contributed by atoms with Crippen LogP contribution < -0.4 is 20.9 Å². The van der Waals surface area contributed by atoms with Crippen molar-refractivity contribution in [3.63, 3.8) is 0 Å². The second-order valence-electron chi connectivity index (χ2n) is 8.04. The molecule has 6 heteroatoms. The van der Waals surface area contributed by atoms with Gasteiger partial charge in [0.2, 0.25) is 0 Å². The Bertz CT molecular complexity index is 919. The van der Waals surface area contributed by atoms with Crippen LogP contribution in [0.2, 0.25) is 0 Å². The van der Waals surface area contributed by atoms with E-state index in [2.05, 4.69) is 20.9 Å². The molecule has 3 N–H and O–H groups in total. The summed E-state index contributed by atoms with van der Waals surface area (Å²) in [6, 6.07) is 11.1. The van der Waals surface area contributed by atoms with Gasteiger partial charge in [0.25, 0.3) is 5.91 Å². The highest BCUT2D eigenvalue weighted by molar-refractivity contribution is 6.04. The third-order valence-electron chi connectivity index (χ3n) is 5.79. The second kappa shape index (κ2) is 9.65. The fraction of sp³-hybridized carbons (Fsp3) is 0.417. The first-order valence-electron chi connectivity index (χ1n) is 10.7. The van der Waals surface area contributed by atoms with Gasteiger partial charge in [-0.05, 0) is 75.4 Å². The summed E-state index contributed by atoms with van der Waals surface area (Å²) >= 11 is 0. The number of carbonyl (C=O) groups excluding carboxylic acids is 2. The van der Waals surface area contributed by atoms with Gasteiger partial charge >= 0.3 is 6.03 Å². The van der Waals surface area contributed by atoms with Crippen LogP contribution in [-0.4, -0.2) is 31.1 Å². The number of urea groups is 1. The fourth-order valence-electron chi connectivity index (χ4n) is 3.60. The van der Waals surface area contributed by atoms with Crippen molar-refractivity contribution >= 4 is 29.0 Å². The quantitative estimate of drug-likeness (QED) is 0.624. The highest BCUT2D eigenvalue weighted by Gasteiger charge is 2.21. The molecule has 30 heavy (non-hydrogen) atoms. The summed E-state index contributed by atoms with van der Waals surface area (Å²) in [4.78, 5) is 27.7. The topological polar surface area (TPSA) is 73.5 Å². The van der Waals surface area contributed by atoms with Gasteiger partial charge in [-0.25, -0.2) is 4.79 Å². The predicted octanol–water partition coefficient (Wildman–Crippen LogP) is 5.08. The van der Waals surface area contributed by atoms with Crippen molar-refractivity contribution < 1.29 is 9.59 Å². The van der Waals surface area contributed by atoms with Gasteiger partial charge in [0, 0.05) is 36.2 Å². The van der Waals surface area contributed by atoms with Crippen molar-refractivity contribution in [3.8, 4) is 0 Å². The summed E-state index contributed by atoms with van der Waals surface area (Å²) < 4.78 is 0. The molecule has 6 nitrogen and oxygen atoms in total. The number of nitrogens with zero attached hydrogens (tertiary/aromatic N) is 1. The van der Waals surface area contributed by atoms with Crippen molar-refractivity contribution in [3.05, 3.63) is 53.1 Å². The van der Waals surface area contributed by atoms with E-state index in [-0.39, 0.29) is 18.0 Å². The molecule has 0 spiro atoms. The molecule has 1 saturated heterocycles. The molecule has 0 saturated carbocycles. The van der Waals surface area contributed by atoms with E-state index in [0.29, 0.717) is 11.3 Å². The van der Waals surface area contributed by atoms with Crippen LogP contribution in [0.5, 0.6) is 0 Å². The molecule has 2 aromatic carbocycles. The van der Waals surface area contributed by atoms with E-state index in [0.717, 1.165) is 54.9 Å². The number of nitrogens with one attached hydrogen (secondary N) is 3. The van der Waals surface area contributed by atoms with Crippen molar-refractivity contribution in [2.45, 2.75) is 53.0 Å². The maximum Gasteiger partial charge on any atom is 0.323 e. The number of carbonyl (C=O) groups is 2. The Morgan fingerprint density at radius 3 is 2.50 bits per heavy atom. The summed E-state index contributed by atoms with van der Waals surface area (Å²) in [7, 11) is 0. The average Bonchev–Trinajstić information content (AvgIpc) is 3.26. The molecule has 0 bridgehead atoms. The highest BCUT2D eigenvalue weighted by atomic mass is 16.2. The van der Waals surface area contributed by atoms with Crippen molar-refractivity contribution in [2.75, 3.05) is 28.6 Å². The predicted molar refractivity (Wildman–Crippen MR) is 124 cm³/mol. The zero-order chi connectivity index (χ0) is 21.7. The summed E-state index contributed by atoms with van der Waals surface area (Å²) in [6.45, 7) is 9.92. The lowest BCUT2D eigenvalue weighted by atomic mass is 10.1. The van der Waals surface area contributed by atoms with Gasteiger partial charge in [0.15, 0.2) is 0 Å². The van der Waals surface area contributed by atoms with Crippen LogP contribution >= 0.6 is 0 Å². The van der Waals surface area contributed by atoms with Gasteiger partial charge in [0.1, 0.15) is 0 Å². The molecule has 1 unspecified atom stereocenters. The Hall–Kier alpha value is -3.02. The number of anilines is 3. The van der Waals surface area contributed by atoms with E-state index in [1.165, 1.54) is 0 Å². The first kappa shape index (κ1) is 21.7. The van der Waals surface area contributed by atoms with Crippen LogP contribution in [-0.2, 0) is 0 Å². The molecule has 3 amide bonds. The Kier molecular flexibility index (Phi) is 6.98. The Morgan fingerprint density at radius 2 is 1.80 bits per heavy atom. The molecule has 0 aromatic heterocycles. The minimum atomic E-state index is -0.328. The van der Waals surface area contributed by atoms with Crippen LogP contribution in [0.1, 0.15) is 54.6 Å². The van der Waals surface area contributed by atoms with Gasteiger partial charge in [-0.2, -0.15) is 0 Å². The van der Waals surface area contributed by atoms with Crippen molar-refractivity contribution in [2.24, 2.45) is 0 Å². The van der Waals surface area contributed by atoms with Gasteiger partial charge < -0.3 is 20.9 Å². The molecule has 160 valence electrons. The Balaban J connectivity index is 1.80. The molecular formula is C24H32N4O2. The lowest BCUT2D eigenvalue weighted by Crippen LogP contribution is -2.33. The number of aryl methyl sites for hydroxylation is 1. The summed E-state index contributed by atoms with van der Waals surface area (Å²) in [5.41, 5.74) is 5.04. The standard InChI is InChI=1S/C24H32N4O2/c1-5-17(3)25-23(29)20-15-19(11-12-22(20)28-13-6-7-14-28)26-24(30)27-21-10-8-9-16(2)18(21)4/h8-12,15,17H,5-7,13-14H2,1-4H3,(H,25,29)(H2,26,27,30). The van der Waals surface area contributed by atoms with E-state index in [1.54, 1.807) is 6.07 Å². The summed E-state index contributed by atoms with van der Waals surface area (Å²) in [6.07, 6.45) is 3.12. The maximum absolute atomic E-state index is 12.9. The SMILES string of the molecule is CCC(C)NC(=O)c1cc(NC(=O)Nc2cccc(C)c2C)ccc1N1CCCC1. The van der Waals surface area contributed by atoms with Crippen molar-refractivity contribution in [1.29, 1.82) is 0 Å². The van der Waals surface area contributed by atoms with Crippen LogP contribution in [0.3, 0.4) is 0 Å². The van der Waals surface area contributed by atoms with Crippen LogP contribution in [0.4, 0.5) is 21.9 Å². The molecular weight excluding hydrogens is 376 g/mol. The smallest absolute Gasteiger partial charge is 0.323 e. The summed E-state index contributed by atoms with van der Waals surface area (Å²) in [5, 5.41) is 8.82. The number of amides is 3. The number of rotatable bonds is 6. The fourth-order valence-corrected chi connectivity index (χ4v) is 3.60. The monoisotopic (exact) mass is 408 g/mol. The number of hydrogen-bond acceptors (Lipinski definition) is 3. The molecule has 2 aromatic rings. The van der Waals surface area contributed by atoms with Crippen molar-refractivity contribution in [1.82, 2.24) is 5.32 Å². The highest BCUT2D eigenvalue weighted by Crippen LogP contribution is 2.28. The molecule has 1 atom stereocenters. The number of hydrogen-bond donors (Lipinski definition) is 3. The van der Waals surface area contributed by atoms with E-state index < -0.39 is 0 Å². The van der Waals surface area contributed by atoms with Crippen LogP contribution in [0.15, 0.2) is 36.4 Å². The zero-order valence-electron chi connectivity index (χ0n) is 18.3. The third-order valence-corrected chi connectivity index (χ3v) is 5.79. The second-order valence-corrected chi connectivity index (χ2v) is 8.04. The van der Waals surface area contributed by atoms with Gasteiger partial charge in [0.05, 0.1) is 5.56 Å². The maximum atomic E-state index is 12.9. The zero-order valence-corrected chi connectivity index (χ0v) is 18.3. The minimum absolute atomic E-state index is 0.0909. The van der Waals surface area contributed by atoms with Crippen LogP contribution in [0.25, 0.3) is 0 Å². The lowest BCUT2D eigenvalue weighted by Gasteiger charge is -2.23. The van der Waals surface area contributed by atoms with Gasteiger partial charge in [-0.3, -0.25) is 4.79 Å². The molecule has 0 radical (unpaired) electrons. The first-order chi connectivity index (χ1) is 14.4. The number of benzene rings is 2. The Morgan fingerprint density at radius 1 is 1.07 bits per heavy atom. The molecule has 1 heterocycles. The Labute approximate surface area is 179 Å². The van der Waals surface area contributed by atoms with E-state index in [4.69, 9.17) is 0 Å². The molecule has 3 rings (SSSR count). The van der Waals surface area contributed by atoms with Crippen LogP contribution in [0, 0.1) is 13.8 Å². The average molecular weight is 409 g/mol.